The van der Waals surface area contributed by atoms with Gasteiger partial charge in [-0.25, -0.2) is 9.97 Å². The molecule has 0 saturated carbocycles. The van der Waals surface area contributed by atoms with Crippen LogP contribution < -0.4 is 20.3 Å². The molecule has 1 aromatic carbocycles. The molecule has 0 unspecified atom stereocenters. The molecular weight excluding hydrogens is 388 g/mol. The number of halogens is 1. The Kier molecular flexibility index (Phi) is 5.40. The van der Waals surface area contributed by atoms with E-state index in [2.05, 4.69) is 24.8 Å². The van der Waals surface area contributed by atoms with Crippen LogP contribution in [0.25, 0.3) is 0 Å². The van der Waals surface area contributed by atoms with E-state index in [1.165, 1.54) is 6.33 Å². The van der Waals surface area contributed by atoms with Crippen LogP contribution in [0.1, 0.15) is 11.1 Å². The number of anilines is 3. The van der Waals surface area contributed by atoms with E-state index in [0.29, 0.717) is 23.1 Å². The summed E-state index contributed by atoms with van der Waals surface area (Å²) in [7, 11) is 0. The first-order valence-corrected chi connectivity index (χ1v) is 9.86. The van der Waals surface area contributed by atoms with Gasteiger partial charge in [0, 0.05) is 37.4 Å². The SMILES string of the molecule is Cc1cc(Oc2ncnc(N3CCN(c4ccccn4)CC3)c2N)cc(C)c1Cl. The molecule has 2 N–H and O–H groups in total. The minimum atomic E-state index is 0.350. The lowest BCUT2D eigenvalue weighted by molar-refractivity contribution is 0.463. The van der Waals surface area contributed by atoms with Crippen molar-refractivity contribution >= 4 is 28.9 Å². The molecular formula is C21H23ClN6O. The van der Waals surface area contributed by atoms with E-state index in [1.807, 2.05) is 50.4 Å². The van der Waals surface area contributed by atoms with E-state index in [1.54, 1.807) is 0 Å². The number of nitrogens with two attached hydrogens (primary N) is 1. The number of rotatable bonds is 4. The zero-order valence-corrected chi connectivity index (χ0v) is 17.2. The van der Waals surface area contributed by atoms with Crippen molar-refractivity contribution in [3.05, 3.63) is 59.0 Å². The number of nitrogen functional groups attached to an aromatic ring is 1. The molecule has 0 amide bonds. The smallest absolute Gasteiger partial charge is 0.248 e. The van der Waals surface area contributed by atoms with Gasteiger partial charge in [-0.2, -0.15) is 4.98 Å². The maximum atomic E-state index is 6.37. The summed E-state index contributed by atoms with van der Waals surface area (Å²) in [6, 6.07) is 9.70. The zero-order chi connectivity index (χ0) is 20.4. The molecule has 0 radical (unpaired) electrons. The molecule has 0 bridgehead atoms. The molecule has 2 aromatic heterocycles. The van der Waals surface area contributed by atoms with Crippen LogP contribution in [0.3, 0.4) is 0 Å². The van der Waals surface area contributed by atoms with E-state index < -0.39 is 0 Å². The van der Waals surface area contributed by atoms with Crippen molar-refractivity contribution in [1.82, 2.24) is 15.0 Å². The Bertz CT molecular complexity index is 982. The highest BCUT2D eigenvalue weighted by Crippen LogP contribution is 2.34. The fourth-order valence-electron chi connectivity index (χ4n) is 3.47. The summed E-state index contributed by atoms with van der Waals surface area (Å²) in [5.41, 5.74) is 8.69. The Morgan fingerprint density at radius 2 is 1.66 bits per heavy atom. The van der Waals surface area contributed by atoms with Crippen LogP contribution >= 0.6 is 11.6 Å². The quantitative estimate of drug-likeness (QED) is 0.699. The summed E-state index contributed by atoms with van der Waals surface area (Å²) in [6.07, 6.45) is 3.30. The molecule has 0 spiro atoms. The number of nitrogens with zero attached hydrogens (tertiary/aromatic N) is 5. The second-order valence-electron chi connectivity index (χ2n) is 7.05. The van der Waals surface area contributed by atoms with Crippen molar-refractivity contribution in [2.45, 2.75) is 13.8 Å². The van der Waals surface area contributed by atoms with Gasteiger partial charge in [-0.15, -0.1) is 0 Å². The van der Waals surface area contributed by atoms with Crippen LogP contribution in [0.4, 0.5) is 17.3 Å². The summed E-state index contributed by atoms with van der Waals surface area (Å²) in [5.74, 6) is 2.68. The Morgan fingerprint density at radius 1 is 0.966 bits per heavy atom. The average Bonchev–Trinajstić information content (AvgIpc) is 2.74. The summed E-state index contributed by atoms with van der Waals surface area (Å²) in [4.78, 5) is 17.5. The van der Waals surface area contributed by atoms with Crippen LogP contribution in [0.5, 0.6) is 11.6 Å². The van der Waals surface area contributed by atoms with Crippen molar-refractivity contribution in [1.29, 1.82) is 0 Å². The third-order valence-corrected chi connectivity index (χ3v) is 5.60. The topological polar surface area (TPSA) is 80.4 Å². The van der Waals surface area contributed by atoms with Crippen LogP contribution in [0, 0.1) is 13.8 Å². The van der Waals surface area contributed by atoms with Gasteiger partial charge in [0.05, 0.1) is 0 Å². The molecule has 0 atom stereocenters. The third kappa shape index (κ3) is 4.05. The molecule has 4 rings (SSSR count). The van der Waals surface area contributed by atoms with Crippen molar-refractivity contribution in [2.24, 2.45) is 0 Å². The fourth-order valence-corrected chi connectivity index (χ4v) is 3.58. The maximum absolute atomic E-state index is 6.37. The monoisotopic (exact) mass is 410 g/mol. The summed E-state index contributed by atoms with van der Waals surface area (Å²) >= 11 is 6.25. The number of pyridine rings is 1. The predicted molar refractivity (Wildman–Crippen MR) is 116 cm³/mol. The molecule has 0 aliphatic carbocycles. The largest absolute Gasteiger partial charge is 0.437 e. The number of hydrogen-bond donors (Lipinski definition) is 1. The van der Waals surface area contributed by atoms with Gasteiger partial charge in [0.25, 0.3) is 0 Å². The van der Waals surface area contributed by atoms with E-state index >= 15 is 0 Å². The van der Waals surface area contributed by atoms with E-state index in [-0.39, 0.29) is 0 Å². The van der Waals surface area contributed by atoms with E-state index in [4.69, 9.17) is 22.1 Å². The Balaban J connectivity index is 1.50. The van der Waals surface area contributed by atoms with Crippen molar-refractivity contribution < 1.29 is 4.74 Å². The highest BCUT2D eigenvalue weighted by molar-refractivity contribution is 6.32. The number of aryl methyl sites for hydroxylation is 2. The lowest BCUT2D eigenvalue weighted by Crippen LogP contribution is -2.47. The summed E-state index contributed by atoms with van der Waals surface area (Å²) in [6.45, 7) is 7.14. The van der Waals surface area contributed by atoms with Gasteiger partial charge in [-0.1, -0.05) is 17.7 Å². The van der Waals surface area contributed by atoms with Crippen molar-refractivity contribution in [3.63, 3.8) is 0 Å². The molecule has 1 aliphatic rings. The van der Waals surface area contributed by atoms with Gasteiger partial charge in [-0.05, 0) is 49.2 Å². The highest BCUT2D eigenvalue weighted by atomic mass is 35.5. The second-order valence-corrected chi connectivity index (χ2v) is 7.43. The van der Waals surface area contributed by atoms with Crippen LogP contribution in [0.15, 0.2) is 42.9 Å². The number of benzene rings is 1. The van der Waals surface area contributed by atoms with Gasteiger partial charge >= 0.3 is 0 Å². The van der Waals surface area contributed by atoms with Crippen molar-refractivity contribution in [3.8, 4) is 11.6 Å². The van der Waals surface area contributed by atoms with Gasteiger partial charge in [0.1, 0.15) is 23.6 Å². The fraction of sp³-hybridized carbons (Fsp3) is 0.286. The molecule has 29 heavy (non-hydrogen) atoms. The molecule has 8 heteroatoms. The normalized spacial score (nSPS) is 14.2. The lowest BCUT2D eigenvalue weighted by Gasteiger charge is -2.36. The first-order valence-electron chi connectivity index (χ1n) is 9.49. The van der Waals surface area contributed by atoms with Crippen LogP contribution in [-0.2, 0) is 0 Å². The molecule has 1 aliphatic heterocycles. The predicted octanol–water partition coefficient (Wildman–Crippen LogP) is 3.84. The lowest BCUT2D eigenvalue weighted by atomic mass is 10.1. The first-order chi connectivity index (χ1) is 14.0. The van der Waals surface area contributed by atoms with Crippen LogP contribution in [0.2, 0.25) is 5.02 Å². The Labute approximate surface area is 175 Å². The minimum Gasteiger partial charge on any atom is -0.437 e. The van der Waals surface area contributed by atoms with Gasteiger partial charge in [0.2, 0.25) is 5.88 Å². The van der Waals surface area contributed by atoms with E-state index in [9.17, 15) is 0 Å². The first kappa shape index (κ1) is 19.3. The number of hydrogen-bond acceptors (Lipinski definition) is 7. The number of piperazine rings is 1. The minimum absolute atomic E-state index is 0.350. The molecule has 1 fully saturated rings. The van der Waals surface area contributed by atoms with Crippen molar-refractivity contribution in [2.75, 3.05) is 41.7 Å². The Morgan fingerprint density at radius 3 is 2.31 bits per heavy atom. The molecule has 150 valence electrons. The molecule has 3 heterocycles. The summed E-state index contributed by atoms with van der Waals surface area (Å²) < 4.78 is 5.97. The van der Waals surface area contributed by atoms with Gasteiger partial charge in [0.15, 0.2) is 5.82 Å². The highest BCUT2D eigenvalue weighted by Gasteiger charge is 2.22. The average molecular weight is 411 g/mol. The van der Waals surface area contributed by atoms with E-state index in [0.717, 1.165) is 48.1 Å². The third-order valence-electron chi connectivity index (χ3n) is 5.00. The second kappa shape index (κ2) is 8.13. The maximum Gasteiger partial charge on any atom is 0.248 e. The zero-order valence-electron chi connectivity index (χ0n) is 16.5. The Hall–Kier alpha value is -3.06. The molecule has 1 saturated heterocycles. The number of ether oxygens (including phenoxy) is 1. The number of aromatic nitrogens is 3. The summed E-state index contributed by atoms with van der Waals surface area (Å²) in [5, 5.41) is 0.736. The van der Waals surface area contributed by atoms with Gasteiger partial charge in [-0.3, -0.25) is 0 Å². The standard InChI is InChI=1S/C21H23ClN6O/c1-14-11-16(12-15(2)18(14)22)29-21-19(23)20(25-13-26-21)28-9-7-27(8-10-28)17-5-3-4-6-24-17/h3-6,11-13H,7-10,23H2,1-2H3. The van der Waals surface area contributed by atoms with Gasteiger partial charge < -0.3 is 20.3 Å². The molecule has 3 aromatic rings. The van der Waals surface area contributed by atoms with Crippen LogP contribution in [-0.4, -0.2) is 41.1 Å². The molecule has 7 nitrogen and oxygen atoms in total.